The van der Waals surface area contributed by atoms with Gasteiger partial charge in [-0.05, 0) is 56.5 Å². The molecule has 2 aromatic heterocycles. The van der Waals surface area contributed by atoms with Gasteiger partial charge >= 0.3 is 5.63 Å². The standard InChI is InChI=1S/C20H25N3O3/c1-4-15-9-17-16(10-20(25)26-19(17)11-18(15)24)12-21-6-5-7-23-14(3)8-13(2)22-23/h8-11,21,24H,4-7,12H2,1-3H3. The Morgan fingerprint density at radius 3 is 2.69 bits per heavy atom. The predicted octanol–water partition coefficient (Wildman–Crippen LogP) is 3.05. The van der Waals surface area contributed by atoms with Crippen molar-refractivity contribution in [2.24, 2.45) is 0 Å². The fourth-order valence-corrected chi connectivity index (χ4v) is 3.21. The highest BCUT2D eigenvalue weighted by Gasteiger charge is 2.10. The second kappa shape index (κ2) is 7.74. The van der Waals surface area contributed by atoms with Crippen LogP contribution in [0.3, 0.4) is 0 Å². The van der Waals surface area contributed by atoms with Gasteiger partial charge in [0.15, 0.2) is 0 Å². The molecule has 0 saturated carbocycles. The number of aromatic nitrogens is 2. The average molecular weight is 355 g/mol. The van der Waals surface area contributed by atoms with Crippen molar-refractivity contribution in [1.29, 1.82) is 0 Å². The van der Waals surface area contributed by atoms with Crippen LogP contribution in [0.1, 0.15) is 35.9 Å². The van der Waals surface area contributed by atoms with Gasteiger partial charge in [-0.3, -0.25) is 4.68 Å². The Morgan fingerprint density at radius 2 is 2.00 bits per heavy atom. The normalized spacial score (nSPS) is 11.3. The smallest absolute Gasteiger partial charge is 0.336 e. The molecule has 3 rings (SSSR count). The molecule has 0 fully saturated rings. The molecule has 0 aliphatic heterocycles. The molecule has 26 heavy (non-hydrogen) atoms. The van der Waals surface area contributed by atoms with Crippen LogP contribution in [0.15, 0.2) is 33.5 Å². The molecule has 0 saturated heterocycles. The van der Waals surface area contributed by atoms with Crippen LogP contribution in [0.25, 0.3) is 11.0 Å². The molecule has 2 heterocycles. The number of fused-ring (bicyclic) bond motifs is 1. The van der Waals surface area contributed by atoms with Crippen molar-refractivity contribution in [2.45, 2.75) is 46.7 Å². The number of nitrogens with zero attached hydrogens (tertiary/aromatic N) is 2. The third-order valence-electron chi connectivity index (χ3n) is 4.55. The van der Waals surface area contributed by atoms with Gasteiger partial charge in [0.25, 0.3) is 0 Å². The summed E-state index contributed by atoms with van der Waals surface area (Å²) in [5.74, 6) is 0.165. The number of rotatable bonds is 7. The molecule has 0 amide bonds. The first-order valence-corrected chi connectivity index (χ1v) is 8.98. The monoisotopic (exact) mass is 355 g/mol. The van der Waals surface area contributed by atoms with Crippen LogP contribution in [0.2, 0.25) is 0 Å². The van der Waals surface area contributed by atoms with Gasteiger partial charge in [-0.1, -0.05) is 6.92 Å². The number of phenolic OH excluding ortho intramolecular Hbond substituents is 1. The van der Waals surface area contributed by atoms with Crippen LogP contribution in [0.4, 0.5) is 0 Å². The lowest BCUT2D eigenvalue weighted by molar-refractivity contribution is 0.466. The quantitative estimate of drug-likeness (QED) is 0.503. The van der Waals surface area contributed by atoms with Crippen molar-refractivity contribution in [3.63, 3.8) is 0 Å². The second-order valence-electron chi connectivity index (χ2n) is 6.60. The molecule has 0 aliphatic rings. The molecule has 2 N–H and O–H groups in total. The average Bonchev–Trinajstić information content (AvgIpc) is 2.91. The summed E-state index contributed by atoms with van der Waals surface area (Å²) in [6, 6.07) is 7.03. The van der Waals surface area contributed by atoms with Crippen LogP contribution in [-0.2, 0) is 19.5 Å². The van der Waals surface area contributed by atoms with Gasteiger partial charge in [0.2, 0.25) is 0 Å². The van der Waals surface area contributed by atoms with E-state index in [9.17, 15) is 9.90 Å². The molecule has 3 aromatic rings. The highest BCUT2D eigenvalue weighted by atomic mass is 16.4. The summed E-state index contributed by atoms with van der Waals surface area (Å²) >= 11 is 0. The number of hydrogen-bond donors (Lipinski definition) is 2. The maximum atomic E-state index is 11.8. The predicted molar refractivity (Wildman–Crippen MR) is 102 cm³/mol. The number of phenols is 1. The zero-order chi connectivity index (χ0) is 18.7. The molecule has 0 bridgehead atoms. The Labute approximate surface area is 152 Å². The van der Waals surface area contributed by atoms with Gasteiger partial charge in [0.1, 0.15) is 11.3 Å². The van der Waals surface area contributed by atoms with E-state index in [-0.39, 0.29) is 5.75 Å². The van der Waals surface area contributed by atoms with Crippen molar-refractivity contribution in [2.75, 3.05) is 6.54 Å². The zero-order valence-electron chi connectivity index (χ0n) is 15.5. The van der Waals surface area contributed by atoms with E-state index in [1.165, 1.54) is 17.8 Å². The van der Waals surface area contributed by atoms with E-state index in [0.717, 1.165) is 48.1 Å². The van der Waals surface area contributed by atoms with Crippen molar-refractivity contribution in [3.05, 3.63) is 57.2 Å². The SMILES string of the molecule is CCc1cc2c(CNCCCn3nc(C)cc3C)cc(=O)oc2cc1O. The maximum absolute atomic E-state index is 11.8. The highest BCUT2D eigenvalue weighted by Crippen LogP contribution is 2.26. The third-order valence-corrected chi connectivity index (χ3v) is 4.55. The van der Waals surface area contributed by atoms with E-state index in [0.29, 0.717) is 12.1 Å². The van der Waals surface area contributed by atoms with Crippen LogP contribution >= 0.6 is 0 Å². The number of nitrogens with one attached hydrogen (secondary N) is 1. The summed E-state index contributed by atoms with van der Waals surface area (Å²) in [4.78, 5) is 11.8. The van der Waals surface area contributed by atoms with Crippen molar-refractivity contribution in [3.8, 4) is 5.75 Å². The number of aromatic hydroxyl groups is 1. The molecule has 6 heteroatoms. The van der Waals surface area contributed by atoms with E-state index in [1.54, 1.807) is 0 Å². The fraction of sp³-hybridized carbons (Fsp3) is 0.400. The van der Waals surface area contributed by atoms with E-state index in [4.69, 9.17) is 4.42 Å². The first kappa shape index (κ1) is 18.2. The Hall–Kier alpha value is -2.60. The first-order valence-electron chi connectivity index (χ1n) is 8.98. The number of hydrogen-bond acceptors (Lipinski definition) is 5. The molecule has 0 unspecified atom stereocenters. The summed E-state index contributed by atoms with van der Waals surface area (Å²) < 4.78 is 7.24. The minimum absolute atomic E-state index is 0.165. The Bertz CT molecular complexity index is 972. The molecule has 0 spiro atoms. The second-order valence-corrected chi connectivity index (χ2v) is 6.60. The van der Waals surface area contributed by atoms with Crippen LogP contribution in [0.5, 0.6) is 5.75 Å². The van der Waals surface area contributed by atoms with Crippen molar-refractivity contribution in [1.82, 2.24) is 15.1 Å². The summed E-state index contributed by atoms with van der Waals surface area (Å²) in [7, 11) is 0. The first-order chi connectivity index (χ1) is 12.5. The topological polar surface area (TPSA) is 80.3 Å². The molecule has 0 radical (unpaired) electrons. The number of benzene rings is 1. The van der Waals surface area contributed by atoms with E-state index in [1.807, 2.05) is 24.6 Å². The lowest BCUT2D eigenvalue weighted by atomic mass is 10.0. The lowest BCUT2D eigenvalue weighted by Gasteiger charge is -2.10. The summed E-state index contributed by atoms with van der Waals surface area (Å²) in [6.07, 6.45) is 1.67. The fourth-order valence-electron chi connectivity index (χ4n) is 3.21. The van der Waals surface area contributed by atoms with Crippen molar-refractivity contribution >= 4 is 11.0 Å². The summed E-state index contributed by atoms with van der Waals surface area (Å²) in [5, 5.41) is 18.7. The van der Waals surface area contributed by atoms with E-state index < -0.39 is 5.63 Å². The molecule has 6 nitrogen and oxygen atoms in total. The molecule has 1 aromatic carbocycles. The Morgan fingerprint density at radius 1 is 1.19 bits per heavy atom. The van der Waals surface area contributed by atoms with E-state index >= 15 is 0 Å². The van der Waals surface area contributed by atoms with Gasteiger partial charge in [-0.15, -0.1) is 0 Å². The van der Waals surface area contributed by atoms with Gasteiger partial charge in [0.05, 0.1) is 5.69 Å². The van der Waals surface area contributed by atoms with Gasteiger partial charge in [-0.25, -0.2) is 4.79 Å². The van der Waals surface area contributed by atoms with Crippen molar-refractivity contribution < 1.29 is 9.52 Å². The Kier molecular flexibility index (Phi) is 5.42. The largest absolute Gasteiger partial charge is 0.508 e. The van der Waals surface area contributed by atoms with Gasteiger partial charge in [-0.2, -0.15) is 5.10 Å². The van der Waals surface area contributed by atoms with Crippen LogP contribution in [-0.4, -0.2) is 21.4 Å². The summed E-state index contributed by atoms with van der Waals surface area (Å²) in [6.45, 7) is 8.29. The molecule has 0 atom stereocenters. The van der Waals surface area contributed by atoms with Gasteiger partial charge in [0, 0.05) is 36.3 Å². The summed E-state index contributed by atoms with van der Waals surface area (Å²) in [5.41, 5.74) is 3.95. The number of aryl methyl sites for hydroxylation is 4. The maximum Gasteiger partial charge on any atom is 0.336 e. The Balaban J connectivity index is 1.66. The minimum Gasteiger partial charge on any atom is -0.508 e. The molecular formula is C20H25N3O3. The van der Waals surface area contributed by atoms with E-state index in [2.05, 4.69) is 23.4 Å². The molecule has 0 aliphatic carbocycles. The van der Waals surface area contributed by atoms with Gasteiger partial charge < -0.3 is 14.8 Å². The highest BCUT2D eigenvalue weighted by molar-refractivity contribution is 5.82. The van der Waals surface area contributed by atoms with Crippen LogP contribution < -0.4 is 10.9 Å². The molecular weight excluding hydrogens is 330 g/mol. The van der Waals surface area contributed by atoms with Crippen LogP contribution in [0, 0.1) is 13.8 Å². The third kappa shape index (κ3) is 3.96. The lowest BCUT2D eigenvalue weighted by Crippen LogP contribution is -2.18. The minimum atomic E-state index is -0.402. The molecule has 138 valence electrons. The zero-order valence-corrected chi connectivity index (χ0v) is 15.5.